The molecule has 17 heavy (non-hydrogen) atoms. The molecule has 1 N–H and O–H groups in total. The zero-order chi connectivity index (χ0) is 12.8. The van der Waals surface area contributed by atoms with Crippen molar-refractivity contribution in [1.82, 2.24) is 5.32 Å². The SMILES string of the molecule is CC.O=C1CCC(c2ccccc2F)C(=O)N1. The fraction of sp³-hybridized carbons (Fsp3) is 0.385. The van der Waals surface area contributed by atoms with Crippen LogP contribution in [0, 0.1) is 5.82 Å². The Balaban J connectivity index is 0.000000686. The summed E-state index contributed by atoms with van der Waals surface area (Å²) in [5, 5.41) is 2.21. The molecule has 0 radical (unpaired) electrons. The first-order valence-electron chi connectivity index (χ1n) is 5.76. The Hall–Kier alpha value is -1.71. The molecule has 1 unspecified atom stereocenters. The molecule has 4 heteroatoms. The van der Waals surface area contributed by atoms with E-state index in [0.717, 1.165) is 0 Å². The smallest absolute Gasteiger partial charge is 0.234 e. The van der Waals surface area contributed by atoms with Crippen molar-refractivity contribution in [3.63, 3.8) is 0 Å². The van der Waals surface area contributed by atoms with Crippen LogP contribution in [0.4, 0.5) is 4.39 Å². The summed E-state index contributed by atoms with van der Waals surface area (Å²) in [6.07, 6.45) is 0.649. The summed E-state index contributed by atoms with van der Waals surface area (Å²) in [4.78, 5) is 22.4. The average Bonchev–Trinajstić information content (AvgIpc) is 2.33. The molecule has 2 rings (SSSR count). The number of imide groups is 1. The Kier molecular flexibility index (Phi) is 4.82. The Morgan fingerprint density at radius 1 is 1.24 bits per heavy atom. The Morgan fingerprint density at radius 2 is 1.88 bits per heavy atom. The van der Waals surface area contributed by atoms with Crippen LogP contribution in [-0.2, 0) is 9.59 Å². The van der Waals surface area contributed by atoms with Gasteiger partial charge in [0.25, 0.3) is 0 Å². The van der Waals surface area contributed by atoms with E-state index in [1.165, 1.54) is 6.07 Å². The minimum Gasteiger partial charge on any atom is -0.296 e. The molecule has 92 valence electrons. The monoisotopic (exact) mass is 237 g/mol. The van der Waals surface area contributed by atoms with Crippen LogP contribution in [0.2, 0.25) is 0 Å². The molecule has 0 bridgehead atoms. The van der Waals surface area contributed by atoms with Crippen molar-refractivity contribution in [1.29, 1.82) is 0 Å². The van der Waals surface area contributed by atoms with Crippen molar-refractivity contribution in [2.75, 3.05) is 0 Å². The normalized spacial score (nSPS) is 19.1. The highest BCUT2D eigenvalue weighted by atomic mass is 19.1. The van der Waals surface area contributed by atoms with Gasteiger partial charge in [-0.15, -0.1) is 0 Å². The first-order chi connectivity index (χ1) is 8.18. The van der Waals surface area contributed by atoms with E-state index in [1.54, 1.807) is 18.2 Å². The number of carbonyl (C=O) groups excluding carboxylic acids is 2. The molecular weight excluding hydrogens is 221 g/mol. The predicted octanol–water partition coefficient (Wildman–Crippen LogP) is 2.37. The molecule has 1 aromatic rings. The minimum atomic E-state index is -0.538. The summed E-state index contributed by atoms with van der Waals surface area (Å²) in [5.74, 6) is -1.63. The van der Waals surface area contributed by atoms with Crippen LogP contribution in [0.3, 0.4) is 0 Å². The van der Waals surface area contributed by atoms with Crippen LogP contribution < -0.4 is 5.32 Å². The van der Waals surface area contributed by atoms with E-state index in [-0.39, 0.29) is 12.3 Å². The van der Waals surface area contributed by atoms with Crippen molar-refractivity contribution >= 4 is 11.8 Å². The van der Waals surface area contributed by atoms with Gasteiger partial charge >= 0.3 is 0 Å². The summed E-state index contributed by atoms with van der Waals surface area (Å²) in [6, 6.07) is 6.15. The predicted molar refractivity (Wildman–Crippen MR) is 62.9 cm³/mol. The lowest BCUT2D eigenvalue weighted by molar-refractivity contribution is -0.134. The molecule has 1 aliphatic rings. The van der Waals surface area contributed by atoms with Gasteiger partial charge in [0.15, 0.2) is 0 Å². The van der Waals surface area contributed by atoms with Crippen LogP contribution in [0.1, 0.15) is 38.2 Å². The van der Waals surface area contributed by atoms with E-state index < -0.39 is 17.6 Å². The molecule has 0 aliphatic carbocycles. The van der Waals surface area contributed by atoms with E-state index in [4.69, 9.17) is 0 Å². The zero-order valence-electron chi connectivity index (χ0n) is 10.00. The maximum atomic E-state index is 13.4. The van der Waals surface area contributed by atoms with Gasteiger partial charge in [0.05, 0.1) is 5.92 Å². The van der Waals surface area contributed by atoms with E-state index in [2.05, 4.69) is 5.32 Å². The van der Waals surface area contributed by atoms with Gasteiger partial charge in [0, 0.05) is 12.0 Å². The lowest BCUT2D eigenvalue weighted by atomic mass is 9.90. The molecule has 1 atom stereocenters. The number of halogens is 1. The molecule has 0 saturated carbocycles. The summed E-state index contributed by atoms with van der Waals surface area (Å²) in [6.45, 7) is 4.00. The summed E-state index contributed by atoms with van der Waals surface area (Å²) < 4.78 is 13.4. The third-order valence-electron chi connectivity index (χ3n) is 2.52. The fourth-order valence-electron chi connectivity index (χ4n) is 1.75. The maximum absolute atomic E-state index is 13.4. The molecule has 1 heterocycles. The number of rotatable bonds is 1. The Bertz CT molecular complexity index is 418. The fourth-order valence-corrected chi connectivity index (χ4v) is 1.75. The van der Waals surface area contributed by atoms with Gasteiger partial charge in [0.2, 0.25) is 11.8 Å². The standard InChI is InChI=1S/C11H10FNO2.C2H6/c12-9-4-2-1-3-7(9)8-5-6-10(14)13-11(8)15;1-2/h1-4,8H,5-6H2,(H,13,14,15);1-2H3. The lowest BCUT2D eigenvalue weighted by Gasteiger charge is -2.21. The zero-order valence-corrected chi connectivity index (χ0v) is 10.00. The molecular formula is C13H16FNO2. The molecule has 0 aromatic heterocycles. The van der Waals surface area contributed by atoms with Gasteiger partial charge in [-0.3, -0.25) is 14.9 Å². The Labute approximate surface area is 100 Å². The van der Waals surface area contributed by atoms with Crippen molar-refractivity contribution in [3.05, 3.63) is 35.6 Å². The molecule has 3 nitrogen and oxygen atoms in total. The summed E-state index contributed by atoms with van der Waals surface area (Å²) in [7, 11) is 0. The van der Waals surface area contributed by atoms with E-state index >= 15 is 0 Å². The number of nitrogens with one attached hydrogen (secondary N) is 1. The van der Waals surface area contributed by atoms with Crippen LogP contribution in [0.15, 0.2) is 24.3 Å². The number of carbonyl (C=O) groups is 2. The number of hydrogen-bond donors (Lipinski definition) is 1. The Morgan fingerprint density at radius 3 is 2.47 bits per heavy atom. The first-order valence-corrected chi connectivity index (χ1v) is 5.76. The second kappa shape index (κ2) is 6.13. The number of amides is 2. The van der Waals surface area contributed by atoms with Gasteiger partial charge < -0.3 is 0 Å². The molecule has 1 saturated heterocycles. The molecule has 1 aliphatic heterocycles. The highest BCUT2D eigenvalue weighted by Gasteiger charge is 2.29. The first kappa shape index (κ1) is 13.4. The lowest BCUT2D eigenvalue weighted by Crippen LogP contribution is -2.39. The molecule has 1 fully saturated rings. The number of hydrogen-bond acceptors (Lipinski definition) is 2. The quantitative estimate of drug-likeness (QED) is 0.762. The highest BCUT2D eigenvalue weighted by molar-refractivity contribution is 6.00. The van der Waals surface area contributed by atoms with Gasteiger partial charge in [-0.05, 0) is 12.5 Å². The minimum absolute atomic E-state index is 0.269. The second-order valence-electron chi connectivity index (χ2n) is 3.53. The average molecular weight is 237 g/mol. The number of piperidine rings is 1. The summed E-state index contributed by atoms with van der Waals surface area (Å²) >= 11 is 0. The van der Waals surface area contributed by atoms with Crippen LogP contribution >= 0.6 is 0 Å². The molecule has 0 spiro atoms. The maximum Gasteiger partial charge on any atom is 0.234 e. The molecule has 2 amide bonds. The van der Waals surface area contributed by atoms with Crippen molar-refractivity contribution < 1.29 is 14.0 Å². The van der Waals surface area contributed by atoms with Crippen molar-refractivity contribution in [3.8, 4) is 0 Å². The second-order valence-corrected chi connectivity index (χ2v) is 3.53. The van der Waals surface area contributed by atoms with E-state index in [0.29, 0.717) is 12.0 Å². The van der Waals surface area contributed by atoms with Gasteiger partial charge in [-0.1, -0.05) is 32.0 Å². The van der Waals surface area contributed by atoms with Gasteiger partial charge in [-0.25, -0.2) is 4.39 Å². The van der Waals surface area contributed by atoms with E-state index in [9.17, 15) is 14.0 Å². The third-order valence-corrected chi connectivity index (χ3v) is 2.52. The van der Waals surface area contributed by atoms with Crippen molar-refractivity contribution in [2.45, 2.75) is 32.6 Å². The van der Waals surface area contributed by atoms with Crippen molar-refractivity contribution in [2.24, 2.45) is 0 Å². The third kappa shape index (κ3) is 3.12. The number of benzene rings is 1. The molecule has 1 aromatic carbocycles. The van der Waals surface area contributed by atoms with Gasteiger partial charge in [0.1, 0.15) is 5.82 Å². The van der Waals surface area contributed by atoms with Crippen LogP contribution in [0.25, 0.3) is 0 Å². The van der Waals surface area contributed by atoms with E-state index in [1.807, 2.05) is 13.8 Å². The summed E-state index contributed by atoms with van der Waals surface area (Å²) in [5.41, 5.74) is 0.363. The largest absolute Gasteiger partial charge is 0.296 e. The topological polar surface area (TPSA) is 46.2 Å². The highest BCUT2D eigenvalue weighted by Crippen LogP contribution is 2.26. The van der Waals surface area contributed by atoms with Gasteiger partial charge in [-0.2, -0.15) is 0 Å². The van der Waals surface area contributed by atoms with Crippen LogP contribution in [0.5, 0.6) is 0 Å². The van der Waals surface area contributed by atoms with Crippen LogP contribution in [-0.4, -0.2) is 11.8 Å².